The van der Waals surface area contributed by atoms with Crippen LogP contribution in [0.1, 0.15) is 23.4 Å². The zero-order chi connectivity index (χ0) is 19.5. The Hall–Kier alpha value is -3.42. The van der Waals surface area contributed by atoms with Crippen LogP contribution in [0.25, 0.3) is 5.69 Å². The van der Waals surface area contributed by atoms with Gasteiger partial charge in [0.2, 0.25) is 5.91 Å². The molecule has 3 aromatic rings. The maximum Gasteiger partial charge on any atom is 0.289 e. The SMILES string of the molecule is O=C(Nc1ccc(-n2cccn2)c(F)c1)[C@@H]1CCCN(C(=O)c2ccco2)C1. The number of carbonyl (C=O) groups is 2. The molecule has 1 aromatic carbocycles. The van der Waals surface area contributed by atoms with E-state index in [2.05, 4.69) is 10.4 Å². The minimum atomic E-state index is -0.486. The van der Waals surface area contributed by atoms with Gasteiger partial charge in [0.15, 0.2) is 11.6 Å². The van der Waals surface area contributed by atoms with Crippen molar-refractivity contribution in [1.82, 2.24) is 14.7 Å². The summed E-state index contributed by atoms with van der Waals surface area (Å²) in [6.45, 7) is 0.885. The largest absolute Gasteiger partial charge is 0.459 e. The van der Waals surface area contributed by atoms with Gasteiger partial charge in [0.05, 0.1) is 12.2 Å². The normalized spacial score (nSPS) is 16.8. The van der Waals surface area contributed by atoms with Crippen LogP contribution in [0, 0.1) is 11.7 Å². The Morgan fingerprint density at radius 1 is 1.25 bits per heavy atom. The highest BCUT2D eigenvalue weighted by Gasteiger charge is 2.30. The first-order valence-corrected chi connectivity index (χ1v) is 9.05. The number of hydrogen-bond acceptors (Lipinski definition) is 4. The molecule has 0 radical (unpaired) electrons. The zero-order valence-electron chi connectivity index (χ0n) is 15.0. The Bertz CT molecular complexity index is 970. The Labute approximate surface area is 160 Å². The van der Waals surface area contributed by atoms with Gasteiger partial charge in [-0.1, -0.05) is 0 Å². The third-order valence-electron chi connectivity index (χ3n) is 4.78. The van der Waals surface area contributed by atoms with Gasteiger partial charge in [-0.15, -0.1) is 0 Å². The predicted octanol–water partition coefficient (Wildman–Crippen LogP) is 3.10. The quantitative estimate of drug-likeness (QED) is 0.752. The van der Waals surface area contributed by atoms with E-state index in [1.165, 1.54) is 17.0 Å². The molecule has 1 fully saturated rings. The molecule has 0 saturated carbocycles. The van der Waals surface area contributed by atoms with Crippen LogP contribution in [0.4, 0.5) is 10.1 Å². The number of carbonyl (C=O) groups excluding carboxylic acids is 2. The third kappa shape index (κ3) is 3.66. The second kappa shape index (κ2) is 7.67. The molecule has 0 bridgehead atoms. The summed E-state index contributed by atoms with van der Waals surface area (Å²) in [6, 6.07) is 9.43. The van der Waals surface area contributed by atoms with Crippen LogP contribution < -0.4 is 5.32 Å². The Balaban J connectivity index is 1.42. The minimum Gasteiger partial charge on any atom is -0.459 e. The highest BCUT2D eigenvalue weighted by Crippen LogP contribution is 2.22. The Morgan fingerprint density at radius 2 is 2.14 bits per heavy atom. The van der Waals surface area contributed by atoms with Gasteiger partial charge >= 0.3 is 0 Å². The number of halogens is 1. The molecule has 7 nitrogen and oxygen atoms in total. The number of aromatic nitrogens is 2. The van der Waals surface area contributed by atoms with E-state index in [9.17, 15) is 14.0 Å². The third-order valence-corrected chi connectivity index (χ3v) is 4.78. The van der Waals surface area contributed by atoms with Crippen LogP contribution in [0.15, 0.2) is 59.5 Å². The molecule has 1 aliphatic rings. The first-order chi connectivity index (χ1) is 13.6. The fourth-order valence-corrected chi connectivity index (χ4v) is 3.36. The van der Waals surface area contributed by atoms with E-state index in [1.54, 1.807) is 47.6 Å². The van der Waals surface area contributed by atoms with Crippen molar-refractivity contribution in [2.75, 3.05) is 18.4 Å². The lowest BCUT2D eigenvalue weighted by molar-refractivity contribution is -0.121. The zero-order valence-corrected chi connectivity index (χ0v) is 15.0. The molecule has 0 unspecified atom stereocenters. The van der Waals surface area contributed by atoms with Crippen LogP contribution in [-0.4, -0.2) is 39.6 Å². The number of nitrogens with zero attached hydrogens (tertiary/aromatic N) is 3. The van der Waals surface area contributed by atoms with Crippen LogP contribution in [0.3, 0.4) is 0 Å². The number of anilines is 1. The molecule has 8 heteroatoms. The van der Waals surface area contributed by atoms with E-state index in [0.717, 1.165) is 6.42 Å². The van der Waals surface area contributed by atoms with Crippen LogP contribution in [0.2, 0.25) is 0 Å². The number of rotatable bonds is 4. The number of benzene rings is 1. The number of hydrogen-bond donors (Lipinski definition) is 1. The monoisotopic (exact) mass is 382 g/mol. The number of likely N-dealkylation sites (tertiary alicyclic amines) is 1. The van der Waals surface area contributed by atoms with Gasteiger partial charge in [0, 0.05) is 31.2 Å². The van der Waals surface area contributed by atoms with Crippen LogP contribution in [-0.2, 0) is 4.79 Å². The van der Waals surface area contributed by atoms with Crippen molar-refractivity contribution in [2.24, 2.45) is 5.92 Å². The van der Waals surface area contributed by atoms with Crippen molar-refractivity contribution in [2.45, 2.75) is 12.8 Å². The standard InChI is InChI=1S/C20H19FN4O3/c21-16-12-15(6-7-17(16)25-10-3-8-22-25)23-19(26)14-4-1-9-24(13-14)20(27)18-5-2-11-28-18/h2-3,5-8,10-12,14H,1,4,9,13H2,(H,23,26)/t14-/m1/s1. The van der Waals surface area contributed by atoms with Gasteiger partial charge in [-0.2, -0.15) is 5.10 Å². The molecular weight excluding hydrogens is 363 g/mol. The maximum absolute atomic E-state index is 14.4. The second-order valence-corrected chi connectivity index (χ2v) is 6.67. The first kappa shape index (κ1) is 18.0. The average Bonchev–Trinajstić information content (AvgIpc) is 3.42. The van der Waals surface area contributed by atoms with E-state index >= 15 is 0 Å². The molecule has 28 heavy (non-hydrogen) atoms. The smallest absolute Gasteiger partial charge is 0.289 e. The second-order valence-electron chi connectivity index (χ2n) is 6.67. The molecule has 3 heterocycles. The Kier molecular flexibility index (Phi) is 4.92. The minimum absolute atomic E-state index is 0.225. The van der Waals surface area contributed by atoms with Crippen molar-refractivity contribution in [1.29, 1.82) is 0 Å². The van der Waals surface area contributed by atoms with Crippen LogP contribution >= 0.6 is 0 Å². The van der Waals surface area contributed by atoms with E-state index in [1.807, 2.05) is 0 Å². The lowest BCUT2D eigenvalue weighted by Gasteiger charge is -2.31. The topological polar surface area (TPSA) is 80.4 Å². The number of nitrogens with one attached hydrogen (secondary N) is 1. The number of furan rings is 1. The average molecular weight is 382 g/mol. The van der Waals surface area contributed by atoms with E-state index < -0.39 is 5.82 Å². The predicted molar refractivity (Wildman–Crippen MR) is 99.5 cm³/mol. The number of piperidine rings is 1. The summed E-state index contributed by atoms with van der Waals surface area (Å²) >= 11 is 0. The summed E-state index contributed by atoms with van der Waals surface area (Å²) in [4.78, 5) is 26.7. The van der Waals surface area contributed by atoms with Gasteiger partial charge < -0.3 is 14.6 Å². The highest BCUT2D eigenvalue weighted by atomic mass is 19.1. The summed E-state index contributed by atoms with van der Waals surface area (Å²) in [5.41, 5.74) is 0.670. The number of amides is 2. The first-order valence-electron chi connectivity index (χ1n) is 9.05. The van der Waals surface area contributed by atoms with Crippen molar-refractivity contribution >= 4 is 17.5 Å². The van der Waals surface area contributed by atoms with Crippen molar-refractivity contribution < 1.29 is 18.4 Å². The molecule has 144 valence electrons. The van der Waals surface area contributed by atoms with Gasteiger partial charge in [-0.25, -0.2) is 9.07 Å². The van der Waals surface area contributed by atoms with Gasteiger partial charge in [-0.05, 0) is 49.2 Å². The lowest BCUT2D eigenvalue weighted by Crippen LogP contribution is -2.43. The molecule has 1 N–H and O–H groups in total. The summed E-state index contributed by atoms with van der Waals surface area (Å²) in [6.07, 6.45) is 6.04. The van der Waals surface area contributed by atoms with Gasteiger partial charge in [0.25, 0.3) is 5.91 Å². The Morgan fingerprint density at radius 3 is 2.86 bits per heavy atom. The molecule has 0 spiro atoms. The molecular formula is C20H19FN4O3. The van der Waals surface area contributed by atoms with Crippen LogP contribution in [0.5, 0.6) is 0 Å². The highest BCUT2D eigenvalue weighted by molar-refractivity contribution is 5.95. The molecule has 2 amide bonds. The summed E-state index contributed by atoms with van der Waals surface area (Å²) in [5.74, 6) is -1.04. The van der Waals surface area contributed by atoms with Crippen molar-refractivity contribution in [3.05, 3.63) is 66.6 Å². The molecule has 1 atom stereocenters. The molecule has 1 saturated heterocycles. The summed E-state index contributed by atoms with van der Waals surface area (Å²) in [5, 5.41) is 6.75. The maximum atomic E-state index is 14.4. The fourth-order valence-electron chi connectivity index (χ4n) is 3.36. The van der Waals surface area contributed by atoms with E-state index in [4.69, 9.17) is 4.42 Å². The summed E-state index contributed by atoms with van der Waals surface area (Å²) < 4.78 is 20.9. The van der Waals surface area contributed by atoms with Gasteiger partial charge in [0.1, 0.15) is 5.69 Å². The summed E-state index contributed by atoms with van der Waals surface area (Å²) in [7, 11) is 0. The fraction of sp³-hybridized carbons (Fsp3) is 0.250. The van der Waals surface area contributed by atoms with Gasteiger partial charge in [-0.3, -0.25) is 9.59 Å². The van der Waals surface area contributed by atoms with E-state index in [0.29, 0.717) is 30.9 Å². The molecule has 1 aliphatic heterocycles. The van der Waals surface area contributed by atoms with E-state index in [-0.39, 0.29) is 23.5 Å². The molecule has 0 aliphatic carbocycles. The lowest BCUT2D eigenvalue weighted by atomic mass is 9.96. The van der Waals surface area contributed by atoms with Crippen molar-refractivity contribution in [3.8, 4) is 5.69 Å². The molecule has 2 aromatic heterocycles. The van der Waals surface area contributed by atoms with Crippen molar-refractivity contribution in [3.63, 3.8) is 0 Å². The molecule has 4 rings (SSSR count).